The number of carbonyl (C=O) groups is 2. The van der Waals surface area contributed by atoms with E-state index >= 15 is 0 Å². The summed E-state index contributed by atoms with van der Waals surface area (Å²) >= 11 is 1.30. The minimum Gasteiger partial charge on any atom is -0.497 e. The monoisotopic (exact) mass is 412 g/mol. The molecule has 0 saturated carbocycles. The number of ether oxygens (including phenoxy) is 1. The molecular formula is C21H24N4O3S. The van der Waals surface area contributed by atoms with E-state index in [0.717, 1.165) is 54.4 Å². The molecule has 0 aliphatic carbocycles. The van der Waals surface area contributed by atoms with Gasteiger partial charge in [-0.25, -0.2) is 9.97 Å². The number of nitrogens with zero attached hydrogens (tertiary/aromatic N) is 3. The number of rotatable bonds is 5. The van der Waals surface area contributed by atoms with E-state index in [0.29, 0.717) is 6.54 Å². The molecule has 2 aliphatic rings. The zero-order valence-electron chi connectivity index (χ0n) is 16.3. The first-order valence-corrected chi connectivity index (χ1v) is 10.8. The van der Waals surface area contributed by atoms with Crippen molar-refractivity contribution < 1.29 is 14.3 Å². The van der Waals surface area contributed by atoms with Crippen molar-refractivity contribution in [2.45, 2.75) is 25.3 Å². The molecule has 2 saturated heterocycles. The van der Waals surface area contributed by atoms with Crippen LogP contribution in [0.1, 0.15) is 19.3 Å². The number of nitrogens with one attached hydrogen (secondary N) is 1. The Bertz CT molecular complexity index is 890. The fourth-order valence-corrected chi connectivity index (χ4v) is 4.69. The Labute approximate surface area is 174 Å². The van der Waals surface area contributed by atoms with E-state index in [-0.39, 0.29) is 23.0 Å². The van der Waals surface area contributed by atoms with E-state index in [9.17, 15) is 9.59 Å². The van der Waals surface area contributed by atoms with Crippen LogP contribution in [-0.2, 0) is 9.59 Å². The molecule has 1 amide bonds. The minimum absolute atomic E-state index is 0.0278. The van der Waals surface area contributed by atoms with Crippen molar-refractivity contribution in [2.24, 2.45) is 5.92 Å². The Balaban J connectivity index is 1.45. The Hall–Kier alpha value is -2.61. The zero-order valence-corrected chi connectivity index (χ0v) is 17.2. The topological polar surface area (TPSA) is 84.4 Å². The fraction of sp³-hybridized carbons (Fsp3) is 0.429. The number of amides is 1. The lowest BCUT2D eigenvalue weighted by Gasteiger charge is -2.33. The number of hydrogen-bond donors (Lipinski definition) is 1. The summed E-state index contributed by atoms with van der Waals surface area (Å²) in [5.41, 5.74) is 1.82. The maximum absolute atomic E-state index is 12.7. The average Bonchev–Trinajstić information content (AvgIpc) is 3.18. The smallest absolute Gasteiger partial charge is 0.225 e. The van der Waals surface area contributed by atoms with E-state index < -0.39 is 0 Å². The summed E-state index contributed by atoms with van der Waals surface area (Å²) in [6.07, 6.45) is 4.02. The number of benzene rings is 1. The number of methoxy groups -OCH3 is 1. The molecule has 2 unspecified atom stereocenters. The molecule has 4 rings (SSSR count). The van der Waals surface area contributed by atoms with Gasteiger partial charge in [-0.2, -0.15) is 0 Å². The molecule has 2 fully saturated rings. The summed E-state index contributed by atoms with van der Waals surface area (Å²) in [5, 5.41) is 3.01. The quantitative estimate of drug-likeness (QED) is 0.808. The van der Waals surface area contributed by atoms with Crippen LogP contribution in [0.3, 0.4) is 0 Å². The summed E-state index contributed by atoms with van der Waals surface area (Å²) in [6, 6.07) is 9.37. The molecule has 2 aliphatic heterocycles. The van der Waals surface area contributed by atoms with Crippen molar-refractivity contribution in [1.29, 1.82) is 0 Å². The van der Waals surface area contributed by atoms with Gasteiger partial charge in [0.2, 0.25) is 11.0 Å². The summed E-state index contributed by atoms with van der Waals surface area (Å²) in [7, 11) is 1.64. The second-order valence-corrected chi connectivity index (χ2v) is 8.39. The van der Waals surface area contributed by atoms with Gasteiger partial charge in [0.05, 0.1) is 24.8 Å². The van der Waals surface area contributed by atoms with E-state index in [2.05, 4.69) is 20.2 Å². The van der Waals surface area contributed by atoms with Crippen molar-refractivity contribution in [3.8, 4) is 17.0 Å². The molecule has 29 heavy (non-hydrogen) atoms. The number of aromatic nitrogens is 2. The molecule has 0 radical (unpaired) electrons. The highest BCUT2D eigenvalue weighted by atomic mass is 32.2. The standard InChI is InChI=1S/C21H24N4O3S/c1-28-16-6-4-14(5-7-16)18-11-19(23-13-22-18)25-9-2-3-15(12-25)20(26)24-17-8-10-29-21(17)27/h4-7,11,13,15,17H,2-3,8-10,12H2,1H3,(H,24,26). The SMILES string of the molecule is COc1ccc(-c2cc(N3CCCC(C(=O)NC4CCSC4=O)C3)ncn2)cc1. The molecule has 152 valence electrons. The van der Waals surface area contributed by atoms with Crippen LogP contribution in [0.2, 0.25) is 0 Å². The van der Waals surface area contributed by atoms with Crippen LogP contribution in [0.15, 0.2) is 36.7 Å². The Morgan fingerprint density at radius 3 is 2.79 bits per heavy atom. The molecule has 0 spiro atoms. The normalized spacial score (nSPS) is 21.8. The van der Waals surface area contributed by atoms with Crippen LogP contribution >= 0.6 is 11.8 Å². The van der Waals surface area contributed by atoms with Gasteiger partial charge in [0.15, 0.2) is 0 Å². The van der Waals surface area contributed by atoms with Crippen molar-refractivity contribution in [1.82, 2.24) is 15.3 Å². The molecule has 2 atom stereocenters. The molecule has 1 aromatic carbocycles. The first-order chi connectivity index (χ1) is 14.1. The molecule has 1 N–H and O–H groups in total. The fourth-order valence-electron chi connectivity index (χ4n) is 3.76. The molecule has 8 heteroatoms. The third-order valence-corrected chi connectivity index (χ3v) is 6.42. The first kappa shape index (κ1) is 19.7. The van der Waals surface area contributed by atoms with Crippen molar-refractivity contribution >= 4 is 28.6 Å². The third-order valence-electron chi connectivity index (χ3n) is 5.41. The van der Waals surface area contributed by atoms with Crippen molar-refractivity contribution in [2.75, 3.05) is 30.9 Å². The molecule has 7 nitrogen and oxygen atoms in total. The highest BCUT2D eigenvalue weighted by molar-refractivity contribution is 8.14. The molecule has 0 bridgehead atoms. The van der Waals surface area contributed by atoms with Crippen LogP contribution in [0.5, 0.6) is 5.75 Å². The number of carbonyl (C=O) groups excluding carboxylic acids is 2. The van der Waals surface area contributed by atoms with Gasteiger partial charge < -0.3 is 15.0 Å². The number of hydrogen-bond acceptors (Lipinski definition) is 7. The number of anilines is 1. The lowest BCUT2D eigenvalue weighted by Crippen LogP contribution is -2.47. The van der Waals surface area contributed by atoms with Crippen LogP contribution < -0.4 is 15.0 Å². The lowest BCUT2D eigenvalue weighted by molar-refractivity contribution is -0.128. The van der Waals surface area contributed by atoms with Gasteiger partial charge in [0, 0.05) is 30.5 Å². The Morgan fingerprint density at radius 1 is 1.24 bits per heavy atom. The van der Waals surface area contributed by atoms with Crippen molar-refractivity contribution in [3.63, 3.8) is 0 Å². The summed E-state index contributed by atoms with van der Waals surface area (Å²) in [4.78, 5) is 35.4. The molecular weight excluding hydrogens is 388 g/mol. The average molecular weight is 413 g/mol. The van der Waals surface area contributed by atoms with Crippen LogP contribution in [0.25, 0.3) is 11.3 Å². The lowest BCUT2D eigenvalue weighted by atomic mass is 9.96. The Morgan fingerprint density at radius 2 is 2.07 bits per heavy atom. The third kappa shape index (κ3) is 4.53. The van der Waals surface area contributed by atoms with Gasteiger partial charge in [-0.05, 0) is 43.5 Å². The van der Waals surface area contributed by atoms with Gasteiger partial charge in [-0.15, -0.1) is 0 Å². The number of piperidine rings is 1. The zero-order chi connectivity index (χ0) is 20.2. The van der Waals surface area contributed by atoms with Gasteiger partial charge in [-0.3, -0.25) is 9.59 Å². The second kappa shape index (κ2) is 8.82. The van der Waals surface area contributed by atoms with E-state index in [1.165, 1.54) is 11.8 Å². The van der Waals surface area contributed by atoms with E-state index in [4.69, 9.17) is 4.74 Å². The summed E-state index contributed by atoms with van der Waals surface area (Å²) < 4.78 is 5.21. The minimum atomic E-state index is -0.330. The molecule has 1 aromatic heterocycles. The predicted molar refractivity (Wildman–Crippen MR) is 113 cm³/mol. The highest BCUT2D eigenvalue weighted by Gasteiger charge is 2.32. The van der Waals surface area contributed by atoms with Gasteiger partial charge >= 0.3 is 0 Å². The number of thioether (sulfide) groups is 1. The van der Waals surface area contributed by atoms with Gasteiger partial charge in [-0.1, -0.05) is 11.8 Å². The maximum atomic E-state index is 12.7. The largest absolute Gasteiger partial charge is 0.497 e. The van der Waals surface area contributed by atoms with Crippen molar-refractivity contribution in [3.05, 3.63) is 36.7 Å². The van der Waals surface area contributed by atoms with Gasteiger partial charge in [0.1, 0.15) is 17.9 Å². The maximum Gasteiger partial charge on any atom is 0.225 e. The summed E-state index contributed by atoms with van der Waals surface area (Å²) in [6.45, 7) is 1.44. The Kier molecular flexibility index (Phi) is 5.99. The molecule has 3 heterocycles. The molecule has 2 aromatic rings. The highest BCUT2D eigenvalue weighted by Crippen LogP contribution is 2.27. The van der Waals surface area contributed by atoms with E-state index in [1.54, 1.807) is 13.4 Å². The van der Waals surface area contributed by atoms with Crippen LogP contribution in [0, 0.1) is 5.92 Å². The van der Waals surface area contributed by atoms with Crippen LogP contribution in [0.4, 0.5) is 5.82 Å². The predicted octanol–water partition coefficient (Wildman–Crippen LogP) is 2.52. The van der Waals surface area contributed by atoms with Crippen LogP contribution in [-0.4, -0.2) is 53.0 Å². The van der Waals surface area contributed by atoms with Gasteiger partial charge in [0.25, 0.3) is 0 Å². The summed E-state index contributed by atoms with van der Waals surface area (Å²) in [5.74, 6) is 2.24. The second-order valence-electron chi connectivity index (χ2n) is 7.29. The van der Waals surface area contributed by atoms with E-state index in [1.807, 2.05) is 30.3 Å². The first-order valence-electron chi connectivity index (χ1n) is 9.82.